The number of benzene rings is 1. The first-order valence-electron chi connectivity index (χ1n) is 9.47. The SMILES string of the molecule is O=C(c1ccc(S(=O)(=O)N2CCCC2)cc1)N1CCC(Oc2ncc(Cl)cn2)C1. The maximum Gasteiger partial charge on any atom is 0.316 e. The van der Waals surface area contributed by atoms with Crippen molar-refractivity contribution in [3.05, 3.63) is 47.2 Å². The van der Waals surface area contributed by atoms with Crippen molar-refractivity contribution in [3.63, 3.8) is 0 Å². The second-order valence-electron chi connectivity index (χ2n) is 7.10. The molecular formula is C19H21ClN4O4S. The van der Waals surface area contributed by atoms with Crippen LogP contribution in [0.3, 0.4) is 0 Å². The molecule has 1 amide bonds. The molecule has 4 rings (SSSR count). The zero-order valence-electron chi connectivity index (χ0n) is 15.7. The van der Waals surface area contributed by atoms with E-state index in [1.165, 1.54) is 28.8 Å². The van der Waals surface area contributed by atoms with E-state index in [-0.39, 0.29) is 22.9 Å². The number of likely N-dealkylation sites (tertiary alicyclic amines) is 1. The fraction of sp³-hybridized carbons (Fsp3) is 0.421. The van der Waals surface area contributed by atoms with Crippen LogP contribution in [0.25, 0.3) is 0 Å². The molecule has 2 fully saturated rings. The maximum atomic E-state index is 12.8. The number of halogens is 1. The van der Waals surface area contributed by atoms with Crippen LogP contribution in [0.5, 0.6) is 6.01 Å². The molecule has 8 nitrogen and oxygen atoms in total. The van der Waals surface area contributed by atoms with Gasteiger partial charge in [-0.2, -0.15) is 4.31 Å². The van der Waals surface area contributed by atoms with Crippen LogP contribution in [-0.4, -0.2) is 65.8 Å². The molecule has 1 aromatic heterocycles. The molecule has 0 bridgehead atoms. The normalized spacial score (nSPS) is 20.2. The van der Waals surface area contributed by atoms with Crippen molar-refractivity contribution in [1.29, 1.82) is 0 Å². The van der Waals surface area contributed by atoms with Crippen molar-refractivity contribution in [1.82, 2.24) is 19.2 Å². The van der Waals surface area contributed by atoms with Gasteiger partial charge in [0.2, 0.25) is 10.0 Å². The number of aromatic nitrogens is 2. The average molecular weight is 437 g/mol. The molecule has 0 spiro atoms. The second kappa shape index (κ2) is 8.25. The van der Waals surface area contributed by atoms with Gasteiger partial charge in [-0.25, -0.2) is 18.4 Å². The van der Waals surface area contributed by atoms with E-state index in [1.807, 2.05) is 0 Å². The summed E-state index contributed by atoms with van der Waals surface area (Å²) in [6.07, 6.45) is 5.15. The summed E-state index contributed by atoms with van der Waals surface area (Å²) in [6.45, 7) is 2.06. The lowest BCUT2D eigenvalue weighted by Gasteiger charge is -2.18. The first-order valence-corrected chi connectivity index (χ1v) is 11.3. The summed E-state index contributed by atoms with van der Waals surface area (Å²) >= 11 is 5.76. The van der Waals surface area contributed by atoms with Gasteiger partial charge in [-0.3, -0.25) is 4.79 Å². The first kappa shape index (κ1) is 20.1. The van der Waals surface area contributed by atoms with Crippen LogP contribution < -0.4 is 4.74 Å². The molecule has 0 aliphatic carbocycles. The van der Waals surface area contributed by atoms with E-state index < -0.39 is 10.0 Å². The van der Waals surface area contributed by atoms with Crippen molar-refractivity contribution in [2.75, 3.05) is 26.2 Å². The molecule has 1 aromatic carbocycles. The summed E-state index contributed by atoms with van der Waals surface area (Å²) in [5.41, 5.74) is 0.453. The van der Waals surface area contributed by atoms with E-state index in [4.69, 9.17) is 16.3 Å². The Labute approximate surface area is 174 Å². The zero-order chi connectivity index (χ0) is 20.4. The van der Waals surface area contributed by atoms with Gasteiger partial charge in [0.1, 0.15) is 6.10 Å². The topological polar surface area (TPSA) is 92.7 Å². The Bertz CT molecular complexity index is 976. The molecule has 2 aromatic rings. The van der Waals surface area contributed by atoms with Crippen LogP contribution in [0.2, 0.25) is 5.02 Å². The number of rotatable bonds is 5. The molecule has 1 atom stereocenters. The summed E-state index contributed by atoms with van der Waals surface area (Å²) in [5.74, 6) is -0.154. The van der Waals surface area contributed by atoms with Gasteiger partial charge in [-0.1, -0.05) is 11.6 Å². The van der Waals surface area contributed by atoms with Gasteiger partial charge >= 0.3 is 6.01 Å². The molecule has 3 heterocycles. The van der Waals surface area contributed by atoms with Gasteiger partial charge in [-0.05, 0) is 37.1 Å². The lowest BCUT2D eigenvalue weighted by Crippen LogP contribution is -2.31. The third kappa shape index (κ3) is 4.36. The lowest BCUT2D eigenvalue weighted by molar-refractivity contribution is 0.0769. The molecule has 1 unspecified atom stereocenters. The number of hydrogen-bond donors (Lipinski definition) is 0. The Morgan fingerprint density at radius 2 is 1.72 bits per heavy atom. The Hall–Kier alpha value is -2.23. The molecule has 29 heavy (non-hydrogen) atoms. The van der Waals surface area contributed by atoms with Crippen LogP contribution in [-0.2, 0) is 10.0 Å². The number of sulfonamides is 1. The minimum Gasteiger partial charge on any atom is -0.458 e. The minimum atomic E-state index is -3.48. The molecule has 2 saturated heterocycles. The summed E-state index contributed by atoms with van der Waals surface area (Å²) in [7, 11) is -3.48. The highest BCUT2D eigenvalue weighted by Gasteiger charge is 2.30. The Kier molecular flexibility index (Phi) is 5.71. The molecule has 0 N–H and O–H groups in total. The highest BCUT2D eigenvalue weighted by Crippen LogP contribution is 2.23. The van der Waals surface area contributed by atoms with E-state index in [0.717, 1.165) is 12.8 Å². The average Bonchev–Trinajstić information content (AvgIpc) is 3.42. The largest absolute Gasteiger partial charge is 0.458 e. The molecule has 0 radical (unpaired) electrons. The van der Waals surface area contributed by atoms with E-state index in [0.29, 0.717) is 43.2 Å². The van der Waals surface area contributed by atoms with E-state index in [9.17, 15) is 13.2 Å². The highest BCUT2D eigenvalue weighted by atomic mass is 35.5. The summed E-state index contributed by atoms with van der Waals surface area (Å²) in [5, 5.41) is 0.427. The van der Waals surface area contributed by atoms with Crippen molar-refractivity contribution in [3.8, 4) is 6.01 Å². The van der Waals surface area contributed by atoms with Crippen molar-refractivity contribution in [2.24, 2.45) is 0 Å². The quantitative estimate of drug-likeness (QED) is 0.713. The van der Waals surface area contributed by atoms with Gasteiger partial charge < -0.3 is 9.64 Å². The van der Waals surface area contributed by atoms with E-state index in [1.54, 1.807) is 17.0 Å². The van der Waals surface area contributed by atoms with E-state index in [2.05, 4.69) is 9.97 Å². The Morgan fingerprint density at radius 1 is 1.07 bits per heavy atom. The molecule has 154 valence electrons. The number of ether oxygens (including phenoxy) is 1. The maximum absolute atomic E-state index is 12.8. The first-order chi connectivity index (χ1) is 13.9. The summed E-state index contributed by atoms with van der Waals surface area (Å²) in [6, 6.07) is 6.38. The van der Waals surface area contributed by atoms with Crippen LogP contribution in [0.15, 0.2) is 41.6 Å². The van der Waals surface area contributed by atoms with Gasteiger partial charge in [0, 0.05) is 31.6 Å². The number of hydrogen-bond acceptors (Lipinski definition) is 6. The Balaban J connectivity index is 1.39. The van der Waals surface area contributed by atoms with Crippen LogP contribution in [0.1, 0.15) is 29.6 Å². The number of carbonyl (C=O) groups is 1. The fourth-order valence-electron chi connectivity index (χ4n) is 3.55. The molecular weight excluding hydrogens is 416 g/mol. The van der Waals surface area contributed by atoms with Gasteiger partial charge in [0.05, 0.1) is 28.9 Å². The monoisotopic (exact) mass is 436 g/mol. The van der Waals surface area contributed by atoms with Gasteiger partial charge in [0.15, 0.2) is 0 Å². The molecule has 2 aliphatic heterocycles. The predicted octanol–water partition coefficient (Wildman–Crippen LogP) is 2.21. The third-order valence-electron chi connectivity index (χ3n) is 5.11. The zero-order valence-corrected chi connectivity index (χ0v) is 17.3. The minimum absolute atomic E-state index is 0.154. The van der Waals surface area contributed by atoms with Gasteiger partial charge in [0.25, 0.3) is 5.91 Å². The molecule has 10 heteroatoms. The third-order valence-corrected chi connectivity index (χ3v) is 7.21. The molecule has 2 aliphatic rings. The number of amides is 1. The van der Waals surface area contributed by atoms with Crippen molar-refractivity contribution >= 4 is 27.5 Å². The predicted molar refractivity (Wildman–Crippen MR) is 106 cm³/mol. The van der Waals surface area contributed by atoms with Crippen molar-refractivity contribution in [2.45, 2.75) is 30.3 Å². The van der Waals surface area contributed by atoms with Crippen LogP contribution >= 0.6 is 11.6 Å². The molecule has 0 saturated carbocycles. The number of carbonyl (C=O) groups excluding carboxylic acids is 1. The standard InChI is InChI=1S/C19H21ClN4O4S/c20-15-11-21-19(22-12-15)28-16-7-10-23(13-16)18(25)14-3-5-17(6-4-14)29(26,27)24-8-1-2-9-24/h3-6,11-12,16H,1-2,7-10,13H2. The summed E-state index contributed by atoms with van der Waals surface area (Å²) < 4.78 is 32.4. The van der Waals surface area contributed by atoms with Crippen LogP contribution in [0, 0.1) is 0 Å². The highest BCUT2D eigenvalue weighted by molar-refractivity contribution is 7.89. The summed E-state index contributed by atoms with van der Waals surface area (Å²) in [4.78, 5) is 22.7. The Morgan fingerprint density at radius 3 is 2.38 bits per heavy atom. The van der Waals surface area contributed by atoms with Gasteiger partial charge in [-0.15, -0.1) is 0 Å². The van der Waals surface area contributed by atoms with E-state index >= 15 is 0 Å². The number of nitrogens with zero attached hydrogens (tertiary/aromatic N) is 4. The smallest absolute Gasteiger partial charge is 0.316 e. The van der Waals surface area contributed by atoms with Crippen LogP contribution in [0.4, 0.5) is 0 Å². The second-order valence-corrected chi connectivity index (χ2v) is 9.47. The van der Waals surface area contributed by atoms with Crippen molar-refractivity contribution < 1.29 is 17.9 Å². The lowest BCUT2D eigenvalue weighted by atomic mass is 10.2. The fourth-order valence-corrected chi connectivity index (χ4v) is 5.16.